The SMILES string of the molecule is CC(C)C(C)(CN)n1cc[nH]c1=O. The second-order valence-electron chi connectivity index (χ2n) is 3.85. The van der Waals surface area contributed by atoms with Gasteiger partial charge in [0.25, 0.3) is 0 Å². The first-order chi connectivity index (χ1) is 6.02. The van der Waals surface area contributed by atoms with Crippen LogP contribution in [0.2, 0.25) is 0 Å². The highest BCUT2D eigenvalue weighted by atomic mass is 16.1. The molecule has 0 saturated carbocycles. The van der Waals surface area contributed by atoms with Gasteiger partial charge in [-0.2, -0.15) is 0 Å². The van der Waals surface area contributed by atoms with Crippen LogP contribution in [-0.2, 0) is 5.54 Å². The van der Waals surface area contributed by atoms with E-state index in [1.807, 2.05) is 6.92 Å². The van der Waals surface area contributed by atoms with Crippen molar-refractivity contribution in [1.29, 1.82) is 0 Å². The number of rotatable bonds is 3. The summed E-state index contributed by atoms with van der Waals surface area (Å²) in [6.45, 7) is 6.58. The van der Waals surface area contributed by atoms with Crippen LogP contribution in [0.15, 0.2) is 17.2 Å². The Bertz CT molecular complexity index is 326. The summed E-state index contributed by atoms with van der Waals surface area (Å²) in [6, 6.07) is 0. The van der Waals surface area contributed by atoms with Gasteiger partial charge in [-0.15, -0.1) is 0 Å². The summed E-state index contributed by atoms with van der Waals surface area (Å²) in [4.78, 5) is 14.0. The molecular weight excluding hydrogens is 166 g/mol. The van der Waals surface area contributed by atoms with Crippen LogP contribution in [0.1, 0.15) is 20.8 Å². The van der Waals surface area contributed by atoms with Crippen LogP contribution in [0.4, 0.5) is 0 Å². The number of nitrogens with two attached hydrogens (primary N) is 1. The summed E-state index contributed by atoms with van der Waals surface area (Å²) in [5.41, 5.74) is 5.30. The Morgan fingerprint density at radius 1 is 1.69 bits per heavy atom. The summed E-state index contributed by atoms with van der Waals surface area (Å²) in [6.07, 6.45) is 3.38. The Hall–Kier alpha value is -1.03. The van der Waals surface area contributed by atoms with Gasteiger partial charge in [0, 0.05) is 18.9 Å². The molecule has 0 fully saturated rings. The lowest BCUT2D eigenvalue weighted by atomic mass is 9.88. The van der Waals surface area contributed by atoms with Crippen molar-refractivity contribution in [2.75, 3.05) is 6.54 Å². The Morgan fingerprint density at radius 3 is 2.62 bits per heavy atom. The van der Waals surface area contributed by atoms with E-state index in [-0.39, 0.29) is 11.2 Å². The summed E-state index contributed by atoms with van der Waals surface area (Å²) in [7, 11) is 0. The fraction of sp³-hybridized carbons (Fsp3) is 0.667. The predicted molar refractivity (Wildman–Crippen MR) is 52.6 cm³/mol. The van der Waals surface area contributed by atoms with Crippen LogP contribution in [-0.4, -0.2) is 16.1 Å². The lowest BCUT2D eigenvalue weighted by molar-refractivity contribution is 0.224. The van der Waals surface area contributed by atoms with Gasteiger partial charge >= 0.3 is 5.69 Å². The molecule has 1 aromatic rings. The van der Waals surface area contributed by atoms with Gasteiger partial charge in [-0.3, -0.25) is 4.57 Å². The maximum absolute atomic E-state index is 11.4. The highest BCUT2D eigenvalue weighted by molar-refractivity contribution is 4.92. The third-order valence-electron chi connectivity index (χ3n) is 2.86. The van der Waals surface area contributed by atoms with Crippen molar-refractivity contribution in [2.45, 2.75) is 26.3 Å². The molecule has 1 heterocycles. The Morgan fingerprint density at radius 2 is 2.31 bits per heavy atom. The number of aromatic amines is 1. The Balaban J connectivity index is 3.17. The van der Waals surface area contributed by atoms with Crippen LogP contribution in [0.25, 0.3) is 0 Å². The predicted octanol–water partition coefficient (Wildman–Crippen LogP) is 0.506. The molecule has 3 N–H and O–H groups in total. The first-order valence-corrected chi connectivity index (χ1v) is 4.49. The molecule has 0 aromatic carbocycles. The smallest absolute Gasteiger partial charge is 0.326 e. The van der Waals surface area contributed by atoms with Gasteiger partial charge in [-0.25, -0.2) is 4.79 Å². The maximum Gasteiger partial charge on any atom is 0.326 e. The number of H-pyrrole nitrogens is 1. The van der Waals surface area contributed by atoms with Crippen LogP contribution >= 0.6 is 0 Å². The van der Waals surface area contributed by atoms with Gasteiger partial charge in [0.05, 0.1) is 5.54 Å². The maximum atomic E-state index is 11.4. The van der Waals surface area contributed by atoms with E-state index in [0.717, 1.165) is 0 Å². The molecule has 1 rings (SSSR count). The van der Waals surface area contributed by atoms with E-state index in [0.29, 0.717) is 12.5 Å². The normalized spacial score (nSPS) is 16.1. The van der Waals surface area contributed by atoms with E-state index >= 15 is 0 Å². The molecule has 4 nitrogen and oxygen atoms in total. The number of nitrogens with zero attached hydrogens (tertiary/aromatic N) is 1. The molecule has 13 heavy (non-hydrogen) atoms. The van der Waals surface area contributed by atoms with Crippen LogP contribution < -0.4 is 11.4 Å². The fourth-order valence-corrected chi connectivity index (χ4v) is 1.33. The van der Waals surface area contributed by atoms with E-state index in [4.69, 9.17) is 5.73 Å². The number of hydrogen-bond donors (Lipinski definition) is 2. The van der Waals surface area contributed by atoms with E-state index in [1.165, 1.54) is 0 Å². The highest BCUT2D eigenvalue weighted by Crippen LogP contribution is 2.22. The van der Waals surface area contributed by atoms with Crippen LogP contribution in [0.5, 0.6) is 0 Å². The second kappa shape index (κ2) is 3.38. The van der Waals surface area contributed by atoms with Crippen molar-refractivity contribution in [1.82, 2.24) is 9.55 Å². The third kappa shape index (κ3) is 1.54. The second-order valence-corrected chi connectivity index (χ2v) is 3.85. The van der Waals surface area contributed by atoms with E-state index < -0.39 is 0 Å². The molecule has 1 aromatic heterocycles. The van der Waals surface area contributed by atoms with Gasteiger partial charge in [0.2, 0.25) is 0 Å². The van der Waals surface area contributed by atoms with Crippen molar-refractivity contribution < 1.29 is 0 Å². The molecule has 1 unspecified atom stereocenters. The molecule has 0 amide bonds. The highest BCUT2D eigenvalue weighted by Gasteiger charge is 2.29. The fourth-order valence-electron chi connectivity index (χ4n) is 1.33. The van der Waals surface area contributed by atoms with E-state index in [1.54, 1.807) is 17.0 Å². The number of hydrogen-bond acceptors (Lipinski definition) is 2. The van der Waals surface area contributed by atoms with Gasteiger partial charge in [0.1, 0.15) is 0 Å². The first kappa shape index (κ1) is 10.1. The minimum Gasteiger partial charge on any atom is -0.328 e. The molecule has 0 aliphatic carbocycles. The zero-order chi connectivity index (χ0) is 10.1. The molecular formula is C9H17N3O. The number of nitrogens with one attached hydrogen (secondary N) is 1. The van der Waals surface area contributed by atoms with Crippen molar-refractivity contribution in [3.8, 4) is 0 Å². The van der Waals surface area contributed by atoms with Gasteiger partial charge in [-0.05, 0) is 12.8 Å². The zero-order valence-corrected chi connectivity index (χ0v) is 8.37. The molecule has 0 radical (unpaired) electrons. The monoisotopic (exact) mass is 183 g/mol. The minimum atomic E-state index is -0.295. The molecule has 4 heteroatoms. The molecule has 74 valence electrons. The Labute approximate surface area is 77.8 Å². The summed E-state index contributed by atoms with van der Waals surface area (Å²) in [5.74, 6) is 0.325. The van der Waals surface area contributed by atoms with Gasteiger partial charge in [-0.1, -0.05) is 13.8 Å². The summed E-state index contributed by atoms with van der Waals surface area (Å²) in [5, 5.41) is 0. The lowest BCUT2D eigenvalue weighted by Gasteiger charge is -2.33. The zero-order valence-electron chi connectivity index (χ0n) is 8.37. The molecule has 0 aliphatic rings. The minimum absolute atomic E-state index is 0.0957. The number of imidazole rings is 1. The topological polar surface area (TPSA) is 63.8 Å². The van der Waals surface area contributed by atoms with Crippen LogP contribution in [0, 0.1) is 5.92 Å². The van der Waals surface area contributed by atoms with Crippen molar-refractivity contribution in [3.63, 3.8) is 0 Å². The lowest BCUT2D eigenvalue weighted by Crippen LogP contribution is -2.47. The quantitative estimate of drug-likeness (QED) is 0.717. The van der Waals surface area contributed by atoms with E-state index in [9.17, 15) is 4.79 Å². The average Bonchev–Trinajstić information content (AvgIpc) is 2.50. The summed E-state index contributed by atoms with van der Waals surface area (Å²) < 4.78 is 1.66. The average molecular weight is 183 g/mol. The van der Waals surface area contributed by atoms with Gasteiger partial charge < -0.3 is 10.7 Å². The van der Waals surface area contributed by atoms with Crippen molar-refractivity contribution in [3.05, 3.63) is 22.9 Å². The van der Waals surface area contributed by atoms with Crippen molar-refractivity contribution >= 4 is 0 Å². The van der Waals surface area contributed by atoms with Crippen molar-refractivity contribution in [2.24, 2.45) is 11.7 Å². The Kier molecular flexibility index (Phi) is 2.61. The van der Waals surface area contributed by atoms with E-state index in [2.05, 4.69) is 18.8 Å². The first-order valence-electron chi connectivity index (χ1n) is 4.49. The molecule has 0 aliphatic heterocycles. The molecule has 1 atom stereocenters. The largest absolute Gasteiger partial charge is 0.328 e. The van der Waals surface area contributed by atoms with Crippen LogP contribution in [0.3, 0.4) is 0 Å². The van der Waals surface area contributed by atoms with Gasteiger partial charge in [0.15, 0.2) is 0 Å². The summed E-state index contributed by atoms with van der Waals surface area (Å²) >= 11 is 0. The molecule has 0 saturated heterocycles. The standard InChI is InChI=1S/C9H17N3O/c1-7(2)9(3,6-10)12-5-4-11-8(12)13/h4-5,7H,6,10H2,1-3H3,(H,11,13). The number of aromatic nitrogens is 2. The molecule has 0 spiro atoms. The third-order valence-corrected chi connectivity index (χ3v) is 2.86. The molecule has 0 bridgehead atoms.